The third kappa shape index (κ3) is 3.35. The number of H-pyrrole nitrogens is 1. The Morgan fingerprint density at radius 2 is 1.93 bits per heavy atom. The van der Waals surface area contributed by atoms with Crippen LogP contribution in [-0.4, -0.2) is 42.9 Å². The maximum absolute atomic E-state index is 12.7. The van der Waals surface area contributed by atoms with Gasteiger partial charge in [-0.3, -0.25) is 14.7 Å². The molecule has 3 aromatic rings. The number of hydrogen-bond donors (Lipinski definition) is 1. The molecule has 5 rings (SSSR count). The van der Waals surface area contributed by atoms with Gasteiger partial charge in [0.15, 0.2) is 0 Å². The van der Waals surface area contributed by atoms with Crippen molar-refractivity contribution in [3.8, 4) is 11.4 Å². The Morgan fingerprint density at radius 1 is 1.14 bits per heavy atom. The van der Waals surface area contributed by atoms with Crippen molar-refractivity contribution in [1.82, 2.24) is 29.8 Å². The number of piperidine rings is 1. The van der Waals surface area contributed by atoms with Crippen LogP contribution in [0.1, 0.15) is 41.9 Å². The fourth-order valence-corrected chi connectivity index (χ4v) is 4.68. The first kappa shape index (κ1) is 18.1. The molecule has 7 heteroatoms. The van der Waals surface area contributed by atoms with Crippen LogP contribution in [0.2, 0.25) is 0 Å². The summed E-state index contributed by atoms with van der Waals surface area (Å²) in [7, 11) is 0. The van der Waals surface area contributed by atoms with Crippen LogP contribution in [0.25, 0.3) is 11.4 Å². The van der Waals surface area contributed by atoms with E-state index in [0.717, 1.165) is 73.5 Å². The van der Waals surface area contributed by atoms with Crippen molar-refractivity contribution in [3.05, 3.63) is 69.9 Å². The lowest BCUT2D eigenvalue weighted by atomic mass is 9.76. The predicted molar refractivity (Wildman–Crippen MR) is 109 cm³/mol. The maximum Gasteiger partial charge on any atom is 0.254 e. The van der Waals surface area contributed by atoms with E-state index in [9.17, 15) is 4.79 Å². The second-order valence-electron chi connectivity index (χ2n) is 8.18. The smallest absolute Gasteiger partial charge is 0.254 e. The van der Waals surface area contributed by atoms with Gasteiger partial charge in [-0.05, 0) is 57.8 Å². The minimum Gasteiger partial charge on any atom is -0.306 e. The number of aromatic nitrogens is 5. The van der Waals surface area contributed by atoms with Crippen LogP contribution in [0.4, 0.5) is 0 Å². The molecule has 0 radical (unpaired) electrons. The topological polar surface area (TPSA) is 87.7 Å². The van der Waals surface area contributed by atoms with Gasteiger partial charge in [-0.1, -0.05) is 0 Å². The third-order valence-corrected chi connectivity index (χ3v) is 6.36. The van der Waals surface area contributed by atoms with Crippen molar-refractivity contribution in [2.24, 2.45) is 0 Å². The number of aromatic amines is 1. The molecule has 0 amide bonds. The van der Waals surface area contributed by atoms with Crippen LogP contribution in [0, 0.1) is 6.92 Å². The average Bonchev–Trinajstić information content (AvgIpc) is 3.11. The summed E-state index contributed by atoms with van der Waals surface area (Å²) < 4.78 is 0. The van der Waals surface area contributed by atoms with Crippen LogP contribution < -0.4 is 5.56 Å². The van der Waals surface area contributed by atoms with E-state index in [1.807, 2.05) is 31.5 Å². The Kier molecular flexibility index (Phi) is 4.47. The molecule has 1 spiro atoms. The van der Waals surface area contributed by atoms with Crippen molar-refractivity contribution >= 4 is 0 Å². The third-order valence-electron chi connectivity index (χ3n) is 6.36. The summed E-state index contributed by atoms with van der Waals surface area (Å²) in [5.74, 6) is 1.43. The molecule has 4 heterocycles. The first-order valence-electron chi connectivity index (χ1n) is 10.2. The SMILES string of the molecule is Cc1ncc(CN2CCC3(CCc4c3nc(-c3cccnc3)[nH]c4=O)CC2)cn1. The van der Waals surface area contributed by atoms with Crippen molar-refractivity contribution in [3.63, 3.8) is 0 Å². The number of rotatable bonds is 3. The molecule has 1 aliphatic carbocycles. The molecule has 7 nitrogen and oxygen atoms in total. The van der Waals surface area contributed by atoms with Crippen molar-refractivity contribution in [1.29, 1.82) is 0 Å². The van der Waals surface area contributed by atoms with E-state index >= 15 is 0 Å². The van der Waals surface area contributed by atoms with E-state index in [2.05, 4.69) is 24.8 Å². The zero-order chi connectivity index (χ0) is 19.8. The van der Waals surface area contributed by atoms with Crippen LogP contribution in [0.3, 0.4) is 0 Å². The molecule has 0 aromatic carbocycles. The lowest BCUT2D eigenvalue weighted by Crippen LogP contribution is -2.41. The molecule has 1 saturated heterocycles. The number of nitrogens with one attached hydrogen (secondary N) is 1. The number of nitrogens with zero attached hydrogens (tertiary/aromatic N) is 5. The molecule has 1 fully saturated rings. The Balaban J connectivity index is 1.38. The Labute approximate surface area is 169 Å². The minimum absolute atomic E-state index is 0.00459. The van der Waals surface area contributed by atoms with Gasteiger partial charge < -0.3 is 4.98 Å². The Bertz CT molecular complexity index is 1070. The zero-order valence-corrected chi connectivity index (χ0v) is 16.6. The molecule has 0 unspecified atom stereocenters. The first-order valence-corrected chi connectivity index (χ1v) is 10.2. The zero-order valence-electron chi connectivity index (χ0n) is 16.6. The molecule has 148 valence electrons. The lowest BCUT2D eigenvalue weighted by molar-refractivity contribution is 0.150. The van der Waals surface area contributed by atoms with Crippen molar-refractivity contribution in [2.45, 2.75) is 44.6 Å². The summed E-state index contributed by atoms with van der Waals surface area (Å²) >= 11 is 0. The molecular weight excluding hydrogens is 364 g/mol. The first-order chi connectivity index (χ1) is 14.1. The van der Waals surface area contributed by atoms with Gasteiger partial charge in [-0.15, -0.1) is 0 Å². The van der Waals surface area contributed by atoms with E-state index in [-0.39, 0.29) is 11.0 Å². The average molecular weight is 388 g/mol. The summed E-state index contributed by atoms with van der Waals surface area (Å²) in [5, 5.41) is 0. The molecule has 0 saturated carbocycles. The molecule has 29 heavy (non-hydrogen) atoms. The van der Waals surface area contributed by atoms with E-state index in [0.29, 0.717) is 5.82 Å². The largest absolute Gasteiger partial charge is 0.306 e. The van der Waals surface area contributed by atoms with Crippen LogP contribution in [0.15, 0.2) is 41.7 Å². The Morgan fingerprint density at radius 3 is 2.66 bits per heavy atom. The number of fused-ring (bicyclic) bond motifs is 2. The van der Waals surface area contributed by atoms with E-state index < -0.39 is 0 Å². The van der Waals surface area contributed by atoms with Gasteiger partial charge in [0.25, 0.3) is 5.56 Å². The van der Waals surface area contributed by atoms with Gasteiger partial charge >= 0.3 is 0 Å². The van der Waals surface area contributed by atoms with E-state index in [1.54, 1.807) is 12.4 Å². The summed E-state index contributed by atoms with van der Waals surface area (Å²) in [6, 6.07) is 3.80. The van der Waals surface area contributed by atoms with Gasteiger partial charge in [-0.25, -0.2) is 15.0 Å². The highest BCUT2D eigenvalue weighted by molar-refractivity contribution is 5.54. The standard InChI is InChI=1S/C22H24N6O/c1-15-24-11-16(12-25-15)14-28-9-6-22(7-10-28)5-4-18-19(22)26-20(27-21(18)29)17-3-2-8-23-13-17/h2-3,8,11-13H,4-7,9-10,14H2,1H3,(H,26,27,29). The summed E-state index contributed by atoms with van der Waals surface area (Å²) in [6.07, 6.45) is 11.2. The highest BCUT2D eigenvalue weighted by Gasteiger charge is 2.43. The van der Waals surface area contributed by atoms with Gasteiger partial charge in [0.1, 0.15) is 11.6 Å². The van der Waals surface area contributed by atoms with Gasteiger partial charge in [0.05, 0.1) is 5.69 Å². The van der Waals surface area contributed by atoms with Gasteiger partial charge in [0, 0.05) is 53.4 Å². The molecule has 1 aliphatic heterocycles. The van der Waals surface area contributed by atoms with Crippen LogP contribution in [-0.2, 0) is 18.4 Å². The fraction of sp³-hybridized carbons (Fsp3) is 0.409. The minimum atomic E-state index is 0.00459. The van der Waals surface area contributed by atoms with Crippen LogP contribution >= 0.6 is 0 Å². The number of pyridine rings is 1. The van der Waals surface area contributed by atoms with E-state index in [4.69, 9.17) is 4.98 Å². The van der Waals surface area contributed by atoms with E-state index in [1.165, 1.54) is 0 Å². The van der Waals surface area contributed by atoms with Gasteiger partial charge in [-0.2, -0.15) is 0 Å². The van der Waals surface area contributed by atoms with Crippen LogP contribution in [0.5, 0.6) is 0 Å². The highest BCUT2D eigenvalue weighted by atomic mass is 16.1. The molecule has 0 atom stereocenters. The normalized spacial score (nSPS) is 18.1. The second-order valence-corrected chi connectivity index (χ2v) is 8.18. The van der Waals surface area contributed by atoms with Crippen molar-refractivity contribution in [2.75, 3.05) is 13.1 Å². The molecule has 0 bridgehead atoms. The molecule has 3 aromatic heterocycles. The Hall–Kier alpha value is -2.93. The second kappa shape index (κ2) is 7.15. The number of likely N-dealkylation sites (tertiary alicyclic amines) is 1. The fourth-order valence-electron chi connectivity index (χ4n) is 4.68. The lowest BCUT2D eigenvalue weighted by Gasteiger charge is -2.39. The summed E-state index contributed by atoms with van der Waals surface area (Å²) in [6.45, 7) is 4.75. The van der Waals surface area contributed by atoms with Gasteiger partial charge in [0.2, 0.25) is 0 Å². The number of aryl methyl sites for hydroxylation is 1. The summed E-state index contributed by atoms with van der Waals surface area (Å²) in [5.41, 5.74) is 3.90. The quantitative estimate of drug-likeness (QED) is 0.741. The predicted octanol–water partition coefficient (Wildman–Crippen LogP) is 2.41. The molecule has 1 N–H and O–H groups in total. The van der Waals surface area contributed by atoms with Crippen molar-refractivity contribution < 1.29 is 0 Å². The summed E-state index contributed by atoms with van der Waals surface area (Å²) in [4.78, 5) is 35.9. The highest BCUT2D eigenvalue weighted by Crippen LogP contribution is 2.44. The maximum atomic E-state index is 12.7. The molecular formula is C22H24N6O. The number of hydrogen-bond acceptors (Lipinski definition) is 6. The monoisotopic (exact) mass is 388 g/mol. The molecule has 2 aliphatic rings.